The van der Waals surface area contributed by atoms with Crippen LogP contribution in [0.3, 0.4) is 0 Å². The van der Waals surface area contributed by atoms with E-state index in [1.54, 1.807) is 42.2 Å². The maximum absolute atomic E-state index is 11.8. The van der Waals surface area contributed by atoms with Gasteiger partial charge in [0.2, 0.25) is 0 Å². The number of amides is 2. The summed E-state index contributed by atoms with van der Waals surface area (Å²) in [6.45, 7) is 0. The minimum absolute atomic E-state index is 0.375. The van der Waals surface area contributed by atoms with Gasteiger partial charge >= 0.3 is 6.03 Å². The van der Waals surface area contributed by atoms with Crippen LogP contribution >= 0.6 is 11.3 Å². The number of rotatable bonds is 3. The van der Waals surface area contributed by atoms with Crippen molar-refractivity contribution in [3.05, 3.63) is 54.3 Å². The third-order valence-corrected chi connectivity index (χ3v) is 3.47. The molecule has 0 saturated heterocycles. The standard InChI is InChI=1S/C14H11N5OS/c20-14(18-11-3-1-2-6-16-11)19-12-9-21-13(17-12)10-4-7-15-8-5-10/h1-9H,(H2,16,18,19,20). The van der Waals surface area contributed by atoms with E-state index in [1.807, 2.05) is 12.1 Å². The molecule has 3 aromatic heterocycles. The van der Waals surface area contributed by atoms with Crippen LogP contribution in [0.5, 0.6) is 0 Å². The molecule has 0 atom stereocenters. The molecule has 0 aliphatic heterocycles. The Morgan fingerprint density at radius 3 is 2.57 bits per heavy atom. The van der Waals surface area contributed by atoms with Gasteiger partial charge in [0.25, 0.3) is 0 Å². The van der Waals surface area contributed by atoms with Crippen molar-refractivity contribution in [3.8, 4) is 10.6 Å². The molecule has 2 N–H and O–H groups in total. The summed E-state index contributed by atoms with van der Waals surface area (Å²) in [5.41, 5.74) is 0.966. The zero-order valence-corrected chi connectivity index (χ0v) is 11.7. The van der Waals surface area contributed by atoms with E-state index in [2.05, 4.69) is 25.6 Å². The molecule has 0 unspecified atom stereocenters. The van der Waals surface area contributed by atoms with E-state index >= 15 is 0 Å². The van der Waals surface area contributed by atoms with Crippen molar-refractivity contribution in [2.75, 3.05) is 10.6 Å². The summed E-state index contributed by atoms with van der Waals surface area (Å²) < 4.78 is 0. The van der Waals surface area contributed by atoms with Gasteiger partial charge in [0, 0.05) is 29.5 Å². The molecule has 0 spiro atoms. The second-order valence-electron chi connectivity index (χ2n) is 4.07. The van der Waals surface area contributed by atoms with Gasteiger partial charge in [-0.05, 0) is 24.3 Å². The molecule has 6 nitrogen and oxygen atoms in total. The summed E-state index contributed by atoms with van der Waals surface area (Å²) in [5.74, 6) is 0.986. The Balaban J connectivity index is 1.66. The molecule has 0 aromatic carbocycles. The van der Waals surface area contributed by atoms with Gasteiger partial charge in [0.1, 0.15) is 16.6 Å². The first-order valence-corrected chi connectivity index (χ1v) is 7.04. The van der Waals surface area contributed by atoms with Gasteiger partial charge in [-0.2, -0.15) is 0 Å². The molecule has 3 aromatic rings. The summed E-state index contributed by atoms with van der Waals surface area (Å²) in [6, 6.07) is 8.66. The van der Waals surface area contributed by atoms with Crippen LogP contribution in [0.4, 0.5) is 16.4 Å². The first kappa shape index (κ1) is 13.2. The molecule has 3 rings (SSSR count). The Hall–Kier alpha value is -2.80. The molecule has 7 heteroatoms. The second-order valence-corrected chi connectivity index (χ2v) is 4.93. The monoisotopic (exact) mass is 297 g/mol. The highest BCUT2D eigenvalue weighted by molar-refractivity contribution is 7.13. The van der Waals surface area contributed by atoms with E-state index in [-0.39, 0.29) is 6.03 Å². The van der Waals surface area contributed by atoms with E-state index in [1.165, 1.54) is 11.3 Å². The zero-order chi connectivity index (χ0) is 14.5. The lowest BCUT2D eigenvalue weighted by Gasteiger charge is -2.03. The molecule has 21 heavy (non-hydrogen) atoms. The van der Waals surface area contributed by atoms with Crippen LogP contribution in [0.25, 0.3) is 10.6 Å². The molecule has 0 fully saturated rings. The molecule has 0 aliphatic carbocycles. The quantitative estimate of drug-likeness (QED) is 0.777. The third-order valence-electron chi connectivity index (χ3n) is 2.58. The van der Waals surface area contributed by atoms with Crippen molar-refractivity contribution in [3.63, 3.8) is 0 Å². The lowest BCUT2D eigenvalue weighted by molar-refractivity contribution is 0.262. The van der Waals surface area contributed by atoms with Crippen LogP contribution in [-0.4, -0.2) is 21.0 Å². The minimum atomic E-state index is -0.375. The van der Waals surface area contributed by atoms with Crippen molar-refractivity contribution < 1.29 is 4.79 Å². The fourth-order valence-corrected chi connectivity index (χ4v) is 2.42. The van der Waals surface area contributed by atoms with Crippen LogP contribution in [-0.2, 0) is 0 Å². The highest BCUT2D eigenvalue weighted by Gasteiger charge is 2.08. The Kier molecular flexibility index (Phi) is 3.83. The highest BCUT2D eigenvalue weighted by Crippen LogP contribution is 2.25. The number of anilines is 2. The second kappa shape index (κ2) is 6.10. The summed E-state index contributed by atoms with van der Waals surface area (Å²) in [7, 11) is 0. The number of pyridine rings is 2. The summed E-state index contributed by atoms with van der Waals surface area (Å²) >= 11 is 1.45. The Morgan fingerprint density at radius 2 is 1.81 bits per heavy atom. The number of urea groups is 1. The Morgan fingerprint density at radius 1 is 1.00 bits per heavy atom. The van der Waals surface area contributed by atoms with Crippen molar-refractivity contribution in [2.24, 2.45) is 0 Å². The van der Waals surface area contributed by atoms with Crippen molar-refractivity contribution in [2.45, 2.75) is 0 Å². The Bertz CT molecular complexity index is 729. The van der Waals surface area contributed by atoms with Gasteiger partial charge in [-0.25, -0.2) is 14.8 Å². The maximum atomic E-state index is 11.8. The van der Waals surface area contributed by atoms with E-state index in [9.17, 15) is 4.79 Å². The maximum Gasteiger partial charge on any atom is 0.326 e. The van der Waals surface area contributed by atoms with E-state index in [0.717, 1.165) is 10.6 Å². The average Bonchev–Trinajstić information content (AvgIpc) is 2.97. The van der Waals surface area contributed by atoms with E-state index in [0.29, 0.717) is 11.6 Å². The molecule has 0 radical (unpaired) electrons. The fraction of sp³-hybridized carbons (Fsp3) is 0. The van der Waals surface area contributed by atoms with Crippen LogP contribution in [0.15, 0.2) is 54.3 Å². The number of nitrogens with one attached hydrogen (secondary N) is 2. The molecular formula is C14H11N5OS. The van der Waals surface area contributed by atoms with Crippen LogP contribution in [0.1, 0.15) is 0 Å². The average molecular weight is 297 g/mol. The van der Waals surface area contributed by atoms with Crippen molar-refractivity contribution in [1.29, 1.82) is 0 Å². The molecule has 104 valence electrons. The van der Waals surface area contributed by atoms with Crippen LogP contribution < -0.4 is 10.6 Å². The number of hydrogen-bond acceptors (Lipinski definition) is 5. The molecule has 0 saturated carbocycles. The van der Waals surface area contributed by atoms with Gasteiger partial charge in [0.05, 0.1) is 0 Å². The van der Waals surface area contributed by atoms with Crippen molar-refractivity contribution >= 4 is 29.0 Å². The van der Waals surface area contributed by atoms with Gasteiger partial charge in [0.15, 0.2) is 0 Å². The normalized spacial score (nSPS) is 10.1. The number of nitrogens with zero attached hydrogens (tertiary/aromatic N) is 3. The van der Waals surface area contributed by atoms with Crippen LogP contribution in [0, 0.1) is 0 Å². The first-order chi connectivity index (χ1) is 10.3. The lowest BCUT2D eigenvalue weighted by Crippen LogP contribution is -2.20. The van der Waals surface area contributed by atoms with Crippen LogP contribution in [0.2, 0.25) is 0 Å². The predicted octanol–water partition coefficient (Wildman–Crippen LogP) is 3.24. The first-order valence-electron chi connectivity index (χ1n) is 6.16. The van der Waals surface area contributed by atoms with E-state index in [4.69, 9.17) is 0 Å². The zero-order valence-electron chi connectivity index (χ0n) is 10.9. The van der Waals surface area contributed by atoms with Gasteiger partial charge < -0.3 is 0 Å². The van der Waals surface area contributed by atoms with E-state index < -0.39 is 0 Å². The summed E-state index contributed by atoms with van der Waals surface area (Å²) in [5, 5.41) is 7.92. The predicted molar refractivity (Wildman–Crippen MR) is 82.2 cm³/mol. The van der Waals surface area contributed by atoms with Gasteiger partial charge in [-0.1, -0.05) is 6.07 Å². The molecule has 0 aliphatic rings. The fourth-order valence-electron chi connectivity index (χ4n) is 1.66. The number of carbonyl (C=O) groups excluding carboxylic acids is 1. The summed E-state index contributed by atoms with van der Waals surface area (Å²) in [6.07, 6.45) is 5.02. The summed E-state index contributed by atoms with van der Waals surface area (Å²) in [4.78, 5) is 24.2. The molecule has 3 heterocycles. The topological polar surface area (TPSA) is 79.8 Å². The molecular weight excluding hydrogens is 286 g/mol. The molecule has 0 bridgehead atoms. The number of hydrogen-bond donors (Lipinski definition) is 2. The van der Waals surface area contributed by atoms with Gasteiger partial charge in [-0.15, -0.1) is 11.3 Å². The van der Waals surface area contributed by atoms with Gasteiger partial charge in [-0.3, -0.25) is 15.6 Å². The number of carbonyl (C=O) groups is 1. The molecule has 2 amide bonds. The third kappa shape index (κ3) is 3.40. The SMILES string of the molecule is O=C(Nc1ccccn1)Nc1csc(-c2ccncc2)n1. The van der Waals surface area contributed by atoms with Crippen molar-refractivity contribution in [1.82, 2.24) is 15.0 Å². The highest BCUT2D eigenvalue weighted by atomic mass is 32.1. The minimum Gasteiger partial charge on any atom is -0.292 e. The number of aromatic nitrogens is 3. The number of thiazole rings is 1. The largest absolute Gasteiger partial charge is 0.326 e. The smallest absolute Gasteiger partial charge is 0.292 e. The Labute approximate surface area is 124 Å². The lowest BCUT2D eigenvalue weighted by atomic mass is 10.3.